The van der Waals surface area contributed by atoms with E-state index in [1.54, 1.807) is 11.8 Å². The molecule has 0 radical (unpaired) electrons. The molecule has 1 aromatic carbocycles. The van der Waals surface area contributed by atoms with Crippen molar-refractivity contribution in [3.63, 3.8) is 0 Å². The summed E-state index contributed by atoms with van der Waals surface area (Å²) in [4.78, 5) is 13.1. The van der Waals surface area contributed by atoms with Crippen molar-refractivity contribution in [1.82, 2.24) is 5.32 Å². The van der Waals surface area contributed by atoms with E-state index in [1.165, 1.54) is 23.1 Å². The van der Waals surface area contributed by atoms with Crippen LogP contribution in [0.2, 0.25) is 0 Å². The van der Waals surface area contributed by atoms with Crippen molar-refractivity contribution in [2.24, 2.45) is 0 Å². The van der Waals surface area contributed by atoms with Crippen molar-refractivity contribution in [3.05, 3.63) is 29.3 Å². The van der Waals surface area contributed by atoms with Gasteiger partial charge in [0.1, 0.15) is 5.54 Å². The smallest absolute Gasteiger partial charge is 0.326 e. The maximum Gasteiger partial charge on any atom is 0.326 e. The summed E-state index contributed by atoms with van der Waals surface area (Å²) >= 11 is 1.69. The third kappa shape index (κ3) is 4.25. The van der Waals surface area contributed by atoms with Crippen molar-refractivity contribution in [3.8, 4) is 0 Å². The third-order valence-electron chi connectivity index (χ3n) is 3.06. The lowest BCUT2D eigenvalue weighted by Gasteiger charge is -2.27. The average molecular weight is 281 g/mol. The van der Waals surface area contributed by atoms with Crippen molar-refractivity contribution < 1.29 is 9.53 Å². The number of carbonyl (C=O) groups excluding carboxylic acids is 1. The summed E-state index contributed by atoms with van der Waals surface area (Å²) in [6, 6.07) is 6.37. The molecule has 0 heterocycles. The van der Waals surface area contributed by atoms with Crippen molar-refractivity contribution >= 4 is 17.7 Å². The number of methoxy groups -OCH3 is 1. The number of ether oxygens (including phenoxy) is 1. The Labute approximate surface area is 120 Å². The van der Waals surface area contributed by atoms with Crippen molar-refractivity contribution in [2.75, 3.05) is 19.4 Å². The molecular formula is C15H23NO2S. The fraction of sp³-hybridized carbons (Fsp3) is 0.533. The average Bonchev–Trinajstić information content (AvgIpc) is 2.39. The number of hydrogen-bond acceptors (Lipinski definition) is 4. The largest absolute Gasteiger partial charge is 0.468 e. The van der Waals surface area contributed by atoms with Gasteiger partial charge in [-0.25, -0.2) is 0 Å². The first kappa shape index (κ1) is 16.1. The quantitative estimate of drug-likeness (QED) is 0.643. The van der Waals surface area contributed by atoms with Crippen LogP contribution in [0.25, 0.3) is 0 Å². The summed E-state index contributed by atoms with van der Waals surface area (Å²) in [5.74, 6) is 0.435. The molecule has 0 bridgehead atoms. The summed E-state index contributed by atoms with van der Waals surface area (Å²) in [6.07, 6.45) is 0. The number of benzene rings is 1. The van der Waals surface area contributed by atoms with Crippen LogP contribution < -0.4 is 5.32 Å². The highest BCUT2D eigenvalue weighted by molar-refractivity contribution is 7.99. The zero-order valence-electron chi connectivity index (χ0n) is 12.4. The molecule has 0 aliphatic carbocycles. The highest BCUT2D eigenvalue weighted by Gasteiger charge is 2.33. The summed E-state index contributed by atoms with van der Waals surface area (Å²) in [5.41, 5.74) is 1.82. The van der Waals surface area contributed by atoms with Crippen LogP contribution in [-0.4, -0.2) is 30.9 Å². The van der Waals surface area contributed by atoms with Gasteiger partial charge < -0.3 is 10.1 Å². The number of thioether (sulfide) groups is 1. The van der Waals surface area contributed by atoms with Gasteiger partial charge in [-0.3, -0.25) is 4.79 Å². The van der Waals surface area contributed by atoms with Gasteiger partial charge in [0.15, 0.2) is 0 Å². The highest BCUT2D eigenvalue weighted by atomic mass is 32.2. The zero-order chi connectivity index (χ0) is 14.5. The second-order valence-electron chi connectivity index (χ2n) is 4.91. The first-order chi connectivity index (χ1) is 8.92. The van der Waals surface area contributed by atoms with E-state index in [9.17, 15) is 4.79 Å². The number of nitrogens with one attached hydrogen (secondary N) is 1. The van der Waals surface area contributed by atoms with Gasteiger partial charge in [-0.05, 0) is 38.9 Å². The Kier molecular flexibility index (Phi) is 5.88. The molecule has 0 saturated carbocycles. The normalized spacial score (nSPS) is 13.9. The lowest BCUT2D eigenvalue weighted by Crippen LogP contribution is -2.52. The number of carbonyl (C=O) groups is 1. The van der Waals surface area contributed by atoms with E-state index < -0.39 is 5.54 Å². The lowest BCUT2D eigenvalue weighted by atomic mass is 10.1. The Morgan fingerprint density at radius 1 is 1.42 bits per heavy atom. The third-order valence-corrected chi connectivity index (χ3v) is 4.54. The summed E-state index contributed by atoms with van der Waals surface area (Å²) in [7, 11) is 1.43. The van der Waals surface area contributed by atoms with Crippen LogP contribution in [0, 0.1) is 13.8 Å². The maximum atomic E-state index is 11.9. The Morgan fingerprint density at radius 2 is 2.11 bits per heavy atom. The zero-order valence-corrected chi connectivity index (χ0v) is 13.2. The van der Waals surface area contributed by atoms with Gasteiger partial charge in [-0.2, -0.15) is 0 Å². The molecule has 0 aliphatic heterocycles. The van der Waals surface area contributed by atoms with E-state index in [0.717, 1.165) is 6.54 Å². The second-order valence-corrected chi connectivity index (χ2v) is 5.93. The number of rotatable bonds is 6. The Bertz CT molecular complexity index is 448. The van der Waals surface area contributed by atoms with Crippen LogP contribution >= 0.6 is 11.8 Å². The summed E-state index contributed by atoms with van der Waals surface area (Å²) in [6.45, 7) is 8.78. The molecule has 3 nitrogen and oxygen atoms in total. The van der Waals surface area contributed by atoms with Gasteiger partial charge in [0.2, 0.25) is 0 Å². The number of likely N-dealkylation sites (N-methyl/N-ethyl adjacent to an activating group) is 1. The summed E-state index contributed by atoms with van der Waals surface area (Å²) in [5, 5.41) is 3.22. The standard InChI is InChI=1S/C15H23NO2S/c1-6-16-15(4,14(17)18-5)10-19-13-9-11(2)7-8-12(13)3/h7-9,16H,6,10H2,1-5H3. The SMILES string of the molecule is CCNC(C)(CSc1cc(C)ccc1C)C(=O)OC. The van der Waals surface area contributed by atoms with Gasteiger partial charge in [-0.15, -0.1) is 11.8 Å². The topological polar surface area (TPSA) is 38.3 Å². The lowest BCUT2D eigenvalue weighted by molar-refractivity contribution is -0.146. The monoisotopic (exact) mass is 281 g/mol. The van der Waals surface area contributed by atoms with Crippen LogP contribution in [0.4, 0.5) is 0 Å². The predicted octanol–water partition coefficient (Wildman–Crippen LogP) is 2.94. The van der Waals surface area contributed by atoms with E-state index in [-0.39, 0.29) is 5.97 Å². The van der Waals surface area contributed by atoms with Crippen LogP contribution in [0.5, 0.6) is 0 Å². The van der Waals surface area contributed by atoms with E-state index in [0.29, 0.717) is 5.75 Å². The van der Waals surface area contributed by atoms with E-state index in [4.69, 9.17) is 4.74 Å². The molecule has 1 atom stereocenters. The molecule has 0 fully saturated rings. The number of aryl methyl sites for hydroxylation is 2. The molecule has 1 N–H and O–H groups in total. The van der Waals surface area contributed by atoms with Crippen LogP contribution in [-0.2, 0) is 9.53 Å². The van der Waals surface area contributed by atoms with Gasteiger partial charge in [0.25, 0.3) is 0 Å². The van der Waals surface area contributed by atoms with Crippen molar-refractivity contribution in [2.45, 2.75) is 38.1 Å². The molecule has 0 aliphatic rings. The second kappa shape index (κ2) is 6.96. The Hall–Kier alpha value is -1.00. The molecular weight excluding hydrogens is 258 g/mol. The molecule has 0 aromatic heterocycles. The molecule has 19 heavy (non-hydrogen) atoms. The summed E-state index contributed by atoms with van der Waals surface area (Å²) < 4.78 is 4.90. The first-order valence-corrected chi connectivity index (χ1v) is 7.45. The molecule has 4 heteroatoms. The number of esters is 1. The fourth-order valence-electron chi connectivity index (χ4n) is 1.88. The minimum atomic E-state index is -0.648. The van der Waals surface area contributed by atoms with E-state index in [2.05, 4.69) is 37.4 Å². The van der Waals surface area contributed by atoms with Crippen LogP contribution in [0.15, 0.2) is 23.1 Å². The molecule has 0 spiro atoms. The Balaban J connectivity index is 2.81. The molecule has 0 amide bonds. The first-order valence-electron chi connectivity index (χ1n) is 6.46. The molecule has 1 aromatic rings. The van der Waals surface area contributed by atoms with E-state index in [1.807, 2.05) is 13.8 Å². The molecule has 0 saturated heterocycles. The minimum Gasteiger partial charge on any atom is -0.468 e. The van der Waals surface area contributed by atoms with Crippen LogP contribution in [0.3, 0.4) is 0 Å². The predicted molar refractivity (Wildman–Crippen MR) is 80.7 cm³/mol. The molecule has 1 rings (SSSR count). The van der Waals surface area contributed by atoms with Gasteiger partial charge in [-0.1, -0.05) is 24.6 Å². The van der Waals surface area contributed by atoms with E-state index >= 15 is 0 Å². The molecule has 106 valence electrons. The van der Waals surface area contributed by atoms with Crippen LogP contribution in [0.1, 0.15) is 25.0 Å². The van der Waals surface area contributed by atoms with Gasteiger partial charge in [0, 0.05) is 10.6 Å². The van der Waals surface area contributed by atoms with Gasteiger partial charge >= 0.3 is 5.97 Å². The fourth-order valence-corrected chi connectivity index (χ4v) is 3.11. The number of hydrogen-bond donors (Lipinski definition) is 1. The highest BCUT2D eigenvalue weighted by Crippen LogP contribution is 2.27. The van der Waals surface area contributed by atoms with Gasteiger partial charge in [0.05, 0.1) is 7.11 Å². The molecule has 1 unspecified atom stereocenters. The van der Waals surface area contributed by atoms with Crippen molar-refractivity contribution in [1.29, 1.82) is 0 Å². The minimum absolute atomic E-state index is 0.216. The maximum absolute atomic E-state index is 11.9. The Morgan fingerprint density at radius 3 is 2.68 bits per heavy atom.